The number of carbonyl (C=O) groups excluding carboxylic acids is 1. The van der Waals surface area contributed by atoms with E-state index in [1.54, 1.807) is 14.2 Å². The summed E-state index contributed by atoms with van der Waals surface area (Å²) in [5.41, 5.74) is 4.03. The molecule has 5 nitrogen and oxygen atoms in total. The van der Waals surface area contributed by atoms with Crippen LogP contribution in [0.2, 0.25) is 0 Å². The summed E-state index contributed by atoms with van der Waals surface area (Å²) >= 11 is 0. The van der Waals surface area contributed by atoms with Gasteiger partial charge in [0.05, 0.1) is 26.7 Å². The summed E-state index contributed by atoms with van der Waals surface area (Å²) in [6, 6.07) is 13.5. The minimum Gasteiger partial charge on any atom is -0.497 e. The third-order valence-corrected chi connectivity index (χ3v) is 4.65. The van der Waals surface area contributed by atoms with E-state index in [4.69, 9.17) is 9.47 Å². The van der Waals surface area contributed by atoms with Gasteiger partial charge in [-0.1, -0.05) is 18.2 Å². The lowest BCUT2D eigenvalue weighted by Gasteiger charge is -2.18. The molecule has 5 heteroatoms. The van der Waals surface area contributed by atoms with Crippen molar-refractivity contribution in [1.82, 2.24) is 10.3 Å². The van der Waals surface area contributed by atoms with Crippen LogP contribution in [-0.4, -0.2) is 25.1 Å². The highest BCUT2D eigenvalue weighted by Gasteiger charge is 2.17. The van der Waals surface area contributed by atoms with Crippen molar-refractivity contribution < 1.29 is 14.3 Å². The van der Waals surface area contributed by atoms with Crippen molar-refractivity contribution in [2.24, 2.45) is 0 Å². The van der Waals surface area contributed by atoms with Crippen molar-refractivity contribution in [3.63, 3.8) is 0 Å². The van der Waals surface area contributed by atoms with Crippen molar-refractivity contribution in [2.75, 3.05) is 14.2 Å². The number of hydrogen-bond acceptors (Lipinski definition) is 3. The number of ether oxygens (including phenoxy) is 2. The standard InChI is InChI=1S/C21H24N2O3/c1-13(16-10-9-15(25-3)11-20(16)26-4)23-21(24)12-18-14(2)22-19-8-6-5-7-17(18)19/h5-11,13,22H,12H2,1-4H3,(H,23,24). The molecule has 1 heterocycles. The van der Waals surface area contributed by atoms with Crippen molar-refractivity contribution in [3.8, 4) is 11.5 Å². The third-order valence-electron chi connectivity index (χ3n) is 4.65. The van der Waals surface area contributed by atoms with E-state index >= 15 is 0 Å². The first-order valence-electron chi connectivity index (χ1n) is 8.61. The molecule has 0 saturated heterocycles. The monoisotopic (exact) mass is 352 g/mol. The maximum atomic E-state index is 12.6. The molecular formula is C21H24N2O3. The Labute approximate surface area is 153 Å². The number of carbonyl (C=O) groups is 1. The van der Waals surface area contributed by atoms with Crippen LogP contribution in [0.5, 0.6) is 11.5 Å². The van der Waals surface area contributed by atoms with Crippen LogP contribution in [0.1, 0.15) is 29.8 Å². The Morgan fingerprint density at radius 2 is 1.92 bits per heavy atom. The quantitative estimate of drug-likeness (QED) is 0.707. The zero-order chi connectivity index (χ0) is 18.7. The summed E-state index contributed by atoms with van der Waals surface area (Å²) in [4.78, 5) is 16.0. The first-order chi connectivity index (χ1) is 12.5. The summed E-state index contributed by atoms with van der Waals surface area (Å²) in [5, 5.41) is 4.16. The summed E-state index contributed by atoms with van der Waals surface area (Å²) in [6.45, 7) is 3.95. The van der Waals surface area contributed by atoms with Crippen molar-refractivity contribution in [2.45, 2.75) is 26.3 Å². The Bertz CT molecular complexity index is 930. The van der Waals surface area contributed by atoms with Crippen LogP contribution in [0.4, 0.5) is 0 Å². The molecule has 136 valence electrons. The molecule has 2 aromatic carbocycles. The number of nitrogens with one attached hydrogen (secondary N) is 2. The molecule has 1 amide bonds. The highest BCUT2D eigenvalue weighted by Crippen LogP contribution is 2.29. The smallest absolute Gasteiger partial charge is 0.224 e. The summed E-state index contributed by atoms with van der Waals surface area (Å²) in [7, 11) is 3.23. The van der Waals surface area contributed by atoms with Gasteiger partial charge in [0.2, 0.25) is 5.91 Å². The van der Waals surface area contributed by atoms with Gasteiger partial charge in [0.1, 0.15) is 11.5 Å². The fourth-order valence-corrected chi connectivity index (χ4v) is 3.27. The molecule has 0 radical (unpaired) electrons. The molecule has 3 rings (SSSR count). The third kappa shape index (κ3) is 3.52. The zero-order valence-electron chi connectivity index (χ0n) is 15.6. The van der Waals surface area contributed by atoms with Gasteiger partial charge in [-0.2, -0.15) is 0 Å². The van der Waals surface area contributed by atoms with Crippen molar-refractivity contribution in [1.29, 1.82) is 0 Å². The molecule has 0 spiro atoms. The number of methoxy groups -OCH3 is 2. The molecular weight excluding hydrogens is 328 g/mol. The second-order valence-corrected chi connectivity index (χ2v) is 6.35. The van der Waals surface area contributed by atoms with E-state index in [9.17, 15) is 4.79 Å². The van der Waals surface area contributed by atoms with Crippen LogP contribution in [0.15, 0.2) is 42.5 Å². The fraction of sp³-hybridized carbons (Fsp3) is 0.286. The van der Waals surface area contributed by atoms with E-state index in [1.165, 1.54) is 0 Å². The Hall–Kier alpha value is -2.95. The molecule has 0 bridgehead atoms. The molecule has 1 unspecified atom stereocenters. The number of aryl methyl sites for hydroxylation is 1. The van der Waals surface area contributed by atoms with Crippen molar-refractivity contribution in [3.05, 3.63) is 59.3 Å². The first kappa shape index (κ1) is 17.9. The van der Waals surface area contributed by atoms with E-state index in [-0.39, 0.29) is 11.9 Å². The van der Waals surface area contributed by atoms with Gasteiger partial charge in [0.15, 0.2) is 0 Å². The van der Waals surface area contributed by atoms with Gasteiger partial charge in [-0.15, -0.1) is 0 Å². The van der Waals surface area contributed by atoms with E-state index in [0.29, 0.717) is 12.2 Å². The van der Waals surface area contributed by atoms with Crippen LogP contribution in [-0.2, 0) is 11.2 Å². The summed E-state index contributed by atoms with van der Waals surface area (Å²) < 4.78 is 10.7. The second kappa shape index (κ2) is 7.52. The Kier molecular flexibility index (Phi) is 5.16. The van der Waals surface area contributed by atoms with Crippen LogP contribution in [0.3, 0.4) is 0 Å². The predicted molar refractivity (Wildman–Crippen MR) is 103 cm³/mol. The topological polar surface area (TPSA) is 63.3 Å². The molecule has 3 aromatic rings. The Morgan fingerprint density at radius 1 is 1.15 bits per heavy atom. The first-order valence-corrected chi connectivity index (χ1v) is 8.61. The lowest BCUT2D eigenvalue weighted by atomic mass is 10.0. The Balaban J connectivity index is 1.76. The Morgan fingerprint density at radius 3 is 2.65 bits per heavy atom. The number of aromatic amines is 1. The van der Waals surface area contributed by atoms with Gasteiger partial charge >= 0.3 is 0 Å². The molecule has 0 aliphatic heterocycles. The molecule has 1 atom stereocenters. The SMILES string of the molecule is COc1ccc(C(C)NC(=O)Cc2c(C)[nH]c3ccccc23)c(OC)c1. The highest BCUT2D eigenvalue weighted by atomic mass is 16.5. The van der Waals surface area contributed by atoms with Gasteiger partial charge < -0.3 is 19.8 Å². The lowest BCUT2D eigenvalue weighted by molar-refractivity contribution is -0.121. The number of aromatic nitrogens is 1. The number of para-hydroxylation sites is 1. The van der Waals surface area contributed by atoms with E-state index in [1.807, 2.05) is 56.3 Å². The number of hydrogen-bond donors (Lipinski definition) is 2. The molecule has 1 aromatic heterocycles. The van der Waals surface area contributed by atoms with Gasteiger partial charge in [0.25, 0.3) is 0 Å². The van der Waals surface area contributed by atoms with Crippen LogP contribution in [0.25, 0.3) is 10.9 Å². The molecule has 26 heavy (non-hydrogen) atoms. The number of fused-ring (bicyclic) bond motifs is 1. The molecule has 0 saturated carbocycles. The van der Waals surface area contributed by atoms with Crippen LogP contribution < -0.4 is 14.8 Å². The maximum Gasteiger partial charge on any atom is 0.224 e. The highest BCUT2D eigenvalue weighted by molar-refractivity contribution is 5.90. The van der Waals surface area contributed by atoms with Crippen LogP contribution >= 0.6 is 0 Å². The normalized spacial score (nSPS) is 12.0. The molecule has 2 N–H and O–H groups in total. The fourth-order valence-electron chi connectivity index (χ4n) is 3.27. The largest absolute Gasteiger partial charge is 0.497 e. The maximum absolute atomic E-state index is 12.6. The molecule has 0 aliphatic carbocycles. The van der Waals surface area contributed by atoms with Crippen molar-refractivity contribution >= 4 is 16.8 Å². The number of amides is 1. The van der Waals surface area contributed by atoms with Gasteiger partial charge in [-0.25, -0.2) is 0 Å². The number of H-pyrrole nitrogens is 1. The van der Waals surface area contributed by atoms with E-state index in [2.05, 4.69) is 10.3 Å². The number of benzene rings is 2. The summed E-state index contributed by atoms with van der Waals surface area (Å²) in [5.74, 6) is 1.39. The average molecular weight is 352 g/mol. The second-order valence-electron chi connectivity index (χ2n) is 6.35. The summed E-state index contributed by atoms with van der Waals surface area (Å²) in [6.07, 6.45) is 0.332. The van der Waals surface area contributed by atoms with Gasteiger partial charge in [-0.3, -0.25) is 4.79 Å². The average Bonchev–Trinajstić information content (AvgIpc) is 2.96. The van der Waals surface area contributed by atoms with Gasteiger partial charge in [-0.05, 0) is 37.6 Å². The van der Waals surface area contributed by atoms with E-state index < -0.39 is 0 Å². The predicted octanol–water partition coefficient (Wildman–Crippen LogP) is 3.91. The van der Waals surface area contributed by atoms with Gasteiger partial charge in [0, 0.05) is 28.2 Å². The zero-order valence-corrected chi connectivity index (χ0v) is 15.6. The lowest BCUT2D eigenvalue weighted by Crippen LogP contribution is -2.28. The molecule has 0 fully saturated rings. The van der Waals surface area contributed by atoms with E-state index in [0.717, 1.165) is 33.5 Å². The minimum absolute atomic E-state index is 0.0248. The minimum atomic E-state index is -0.172. The number of rotatable bonds is 6. The molecule has 0 aliphatic rings. The van der Waals surface area contributed by atoms with Crippen LogP contribution in [0, 0.1) is 6.92 Å².